The van der Waals surface area contributed by atoms with Gasteiger partial charge in [0, 0.05) is 24.8 Å². The quantitative estimate of drug-likeness (QED) is 0.724. The maximum absolute atomic E-state index is 6.07. The highest BCUT2D eigenvalue weighted by Gasteiger charge is 2.21. The van der Waals surface area contributed by atoms with E-state index in [1.165, 1.54) is 0 Å². The van der Waals surface area contributed by atoms with E-state index in [-0.39, 0.29) is 5.38 Å². The fourth-order valence-corrected chi connectivity index (χ4v) is 2.04. The second-order valence-electron chi connectivity index (χ2n) is 4.29. The minimum Gasteiger partial charge on any atom is -0.355 e. The first-order valence-corrected chi connectivity index (χ1v) is 5.81. The van der Waals surface area contributed by atoms with Crippen LogP contribution in [0.5, 0.6) is 0 Å². The molecule has 1 saturated heterocycles. The van der Waals surface area contributed by atoms with E-state index in [0.29, 0.717) is 5.92 Å². The summed E-state index contributed by atoms with van der Waals surface area (Å²) >= 11 is 6.07. The highest BCUT2D eigenvalue weighted by Crippen LogP contribution is 2.22. The molecule has 4 heteroatoms. The lowest BCUT2D eigenvalue weighted by Gasteiger charge is -2.17. The van der Waals surface area contributed by atoms with Crippen LogP contribution in [-0.2, 0) is 0 Å². The van der Waals surface area contributed by atoms with Gasteiger partial charge < -0.3 is 4.90 Å². The standard InChI is InChI=1S/C11H16ClN3/c1-8(2)10-5-11(14-7-13-10)15-4-3-9(12)6-15/h5,7-9H,3-4,6H2,1-2H3. The highest BCUT2D eigenvalue weighted by atomic mass is 35.5. The zero-order valence-electron chi connectivity index (χ0n) is 9.15. The summed E-state index contributed by atoms with van der Waals surface area (Å²) in [5.41, 5.74) is 1.10. The van der Waals surface area contributed by atoms with Gasteiger partial charge in [-0.1, -0.05) is 13.8 Å². The van der Waals surface area contributed by atoms with Crippen LogP contribution in [0.1, 0.15) is 31.9 Å². The van der Waals surface area contributed by atoms with Crippen molar-refractivity contribution in [3.8, 4) is 0 Å². The Morgan fingerprint density at radius 3 is 2.87 bits per heavy atom. The van der Waals surface area contributed by atoms with E-state index in [2.05, 4.69) is 34.8 Å². The molecule has 82 valence electrons. The van der Waals surface area contributed by atoms with Crippen LogP contribution in [0.3, 0.4) is 0 Å². The summed E-state index contributed by atoms with van der Waals surface area (Å²) < 4.78 is 0. The molecule has 15 heavy (non-hydrogen) atoms. The molecule has 1 atom stereocenters. The maximum Gasteiger partial charge on any atom is 0.132 e. The number of aromatic nitrogens is 2. The summed E-state index contributed by atoms with van der Waals surface area (Å²) in [6, 6.07) is 2.07. The first kappa shape index (κ1) is 10.7. The third-order valence-corrected chi connectivity index (χ3v) is 3.08. The number of hydrogen-bond acceptors (Lipinski definition) is 3. The zero-order chi connectivity index (χ0) is 10.8. The molecule has 0 bridgehead atoms. The van der Waals surface area contributed by atoms with Crippen LogP contribution in [-0.4, -0.2) is 28.4 Å². The van der Waals surface area contributed by atoms with Gasteiger partial charge >= 0.3 is 0 Å². The van der Waals surface area contributed by atoms with Crippen molar-refractivity contribution in [1.29, 1.82) is 0 Å². The molecule has 1 aromatic heterocycles. The molecule has 0 spiro atoms. The molecule has 0 N–H and O–H groups in total. The Morgan fingerprint density at radius 2 is 2.27 bits per heavy atom. The molecule has 1 aliphatic heterocycles. The molecule has 2 rings (SSSR count). The van der Waals surface area contributed by atoms with Gasteiger partial charge in [-0.15, -0.1) is 11.6 Å². The molecule has 3 nitrogen and oxygen atoms in total. The Balaban J connectivity index is 2.18. The molecule has 0 aromatic carbocycles. The van der Waals surface area contributed by atoms with E-state index in [0.717, 1.165) is 31.0 Å². The number of anilines is 1. The highest BCUT2D eigenvalue weighted by molar-refractivity contribution is 6.21. The van der Waals surface area contributed by atoms with Crippen molar-refractivity contribution < 1.29 is 0 Å². The molecule has 1 fully saturated rings. The fraction of sp³-hybridized carbons (Fsp3) is 0.636. The minimum absolute atomic E-state index is 0.266. The molecular formula is C11H16ClN3. The summed E-state index contributed by atoms with van der Waals surface area (Å²) in [7, 11) is 0. The van der Waals surface area contributed by atoms with Crippen LogP contribution < -0.4 is 4.90 Å². The van der Waals surface area contributed by atoms with E-state index < -0.39 is 0 Å². The minimum atomic E-state index is 0.266. The summed E-state index contributed by atoms with van der Waals surface area (Å²) in [5, 5.41) is 0.266. The van der Waals surface area contributed by atoms with Crippen molar-refractivity contribution in [2.75, 3.05) is 18.0 Å². The van der Waals surface area contributed by atoms with Crippen LogP contribution in [0.15, 0.2) is 12.4 Å². The molecule has 0 saturated carbocycles. The molecule has 2 heterocycles. The normalized spacial score (nSPS) is 21.3. The van der Waals surface area contributed by atoms with Crippen molar-refractivity contribution >= 4 is 17.4 Å². The van der Waals surface area contributed by atoms with Gasteiger partial charge in [-0.05, 0) is 12.3 Å². The third-order valence-electron chi connectivity index (χ3n) is 2.72. The Bertz CT molecular complexity index is 340. The summed E-state index contributed by atoms with van der Waals surface area (Å²) in [4.78, 5) is 10.8. The van der Waals surface area contributed by atoms with E-state index in [4.69, 9.17) is 11.6 Å². The topological polar surface area (TPSA) is 29.0 Å². The Hall–Kier alpha value is -0.830. The molecule has 0 aliphatic carbocycles. The predicted octanol–water partition coefficient (Wildman–Crippen LogP) is 2.42. The van der Waals surface area contributed by atoms with Gasteiger partial charge in [0.05, 0.1) is 5.38 Å². The van der Waals surface area contributed by atoms with E-state index in [1.54, 1.807) is 6.33 Å². The number of halogens is 1. The number of alkyl halides is 1. The lowest BCUT2D eigenvalue weighted by atomic mass is 10.1. The molecule has 1 aromatic rings. The van der Waals surface area contributed by atoms with Crippen LogP contribution in [0.25, 0.3) is 0 Å². The average Bonchev–Trinajstić information content (AvgIpc) is 2.65. The SMILES string of the molecule is CC(C)c1cc(N2CCC(Cl)C2)ncn1. The van der Waals surface area contributed by atoms with Gasteiger partial charge in [-0.3, -0.25) is 0 Å². The third kappa shape index (κ3) is 2.40. The van der Waals surface area contributed by atoms with Gasteiger partial charge in [-0.25, -0.2) is 9.97 Å². The van der Waals surface area contributed by atoms with Crippen LogP contribution in [0, 0.1) is 0 Å². The van der Waals surface area contributed by atoms with Gasteiger partial charge in [0.1, 0.15) is 12.1 Å². The monoisotopic (exact) mass is 225 g/mol. The van der Waals surface area contributed by atoms with Crippen LogP contribution >= 0.6 is 11.6 Å². The molecular weight excluding hydrogens is 210 g/mol. The van der Waals surface area contributed by atoms with E-state index >= 15 is 0 Å². The van der Waals surface area contributed by atoms with E-state index in [9.17, 15) is 0 Å². The number of rotatable bonds is 2. The van der Waals surface area contributed by atoms with Gasteiger partial charge in [0.2, 0.25) is 0 Å². The zero-order valence-corrected chi connectivity index (χ0v) is 9.91. The maximum atomic E-state index is 6.07. The number of hydrogen-bond donors (Lipinski definition) is 0. The molecule has 1 aliphatic rings. The van der Waals surface area contributed by atoms with Crippen molar-refractivity contribution in [3.05, 3.63) is 18.1 Å². The van der Waals surface area contributed by atoms with Gasteiger partial charge in [-0.2, -0.15) is 0 Å². The molecule has 1 unspecified atom stereocenters. The Morgan fingerprint density at radius 1 is 1.47 bits per heavy atom. The van der Waals surface area contributed by atoms with Crippen LogP contribution in [0.2, 0.25) is 0 Å². The second kappa shape index (κ2) is 4.35. The largest absolute Gasteiger partial charge is 0.355 e. The first-order valence-electron chi connectivity index (χ1n) is 5.38. The summed E-state index contributed by atoms with van der Waals surface area (Å²) in [6.45, 7) is 6.18. The fourth-order valence-electron chi connectivity index (χ4n) is 1.78. The van der Waals surface area contributed by atoms with Crippen molar-refractivity contribution in [1.82, 2.24) is 9.97 Å². The van der Waals surface area contributed by atoms with Gasteiger partial charge in [0.25, 0.3) is 0 Å². The average molecular weight is 226 g/mol. The summed E-state index contributed by atoms with van der Waals surface area (Å²) in [6.07, 6.45) is 2.69. The lowest BCUT2D eigenvalue weighted by Crippen LogP contribution is -2.21. The van der Waals surface area contributed by atoms with Crippen molar-refractivity contribution in [2.45, 2.75) is 31.6 Å². The predicted molar refractivity (Wildman–Crippen MR) is 62.6 cm³/mol. The van der Waals surface area contributed by atoms with Crippen LogP contribution in [0.4, 0.5) is 5.82 Å². The van der Waals surface area contributed by atoms with Gasteiger partial charge in [0.15, 0.2) is 0 Å². The summed E-state index contributed by atoms with van der Waals surface area (Å²) in [5.74, 6) is 1.46. The molecule has 0 amide bonds. The second-order valence-corrected chi connectivity index (χ2v) is 4.90. The Kier molecular flexibility index (Phi) is 3.10. The first-order chi connectivity index (χ1) is 7.16. The van der Waals surface area contributed by atoms with Crippen molar-refractivity contribution in [2.24, 2.45) is 0 Å². The van der Waals surface area contributed by atoms with E-state index in [1.807, 2.05) is 0 Å². The Labute approximate surface area is 95.5 Å². The lowest BCUT2D eigenvalue weighted by molar-refractivity contribution is 0.805. The number of nitrogens with zero attached hydrogens (tertiary/aromatic N) is 3. The van der Waals surface area contributed by atoms with Crippen molar-refractivity contribution in [3.63, 3.8) is 0 Å². The molecule has 0 radical (unpaired) electrons. The smallest absolute Gasteiger partial charge is 0.132 e.